The molecular weight excluding hydrogens is 290 g/mol. The maximum atomic E-state index is 11.9. The number of hydrogen-bond donors (Lipinski definition) is 1. The van der Waals surface area contributed by atoms with Gasteiger partial charge in [-0.05, 0) is 36.2 Å². The van der Waals surface area contributed by atoms with Crippen LogP contribution in [0.15, 0.2) is 40.8 Å². The number of furan rings is 1. The number of nitrogens with one attached hydrogen (secondary N) is 1. The van der Waals surface area contributed by atoms with Crippen LogP contribution >= 0.6 is 11.6 Å². The lowest BCUT2D eigenvalue weighted by Crippen LogP contribution is -2.22. The van der Waals surface area contributed by atoms with Crippen LogP contribution in [0, 0.1) is 0 Å². The first-order chi connectivity index (χ1) is 10.2. The van der Waals surface area contributed by atoms with Crippen molar-refractivity contribution < 1.29 is 13.9 Å². The molecule has 1 heterocycles. The van der Waals surface area contributed by atoms with Crippen molar-refractivity contribution in [3.8, 4) is 5.75 Å². The lowest BCUT2D eigenvalue weighted by atomic mass is 10.2. The van der Waals surface area contributed by atoms with E-state index in [9.17, 15) is 4.79 Å². The quantitative estimate of drug-likeness (QED) is 0.793. The summed E-state index contributed by atoms with van der Waals surface area (Å²) in [5.74, 6) is 1.70. The SMILES string of the molecule is CCCOc1ccc(CNC(=O)c2ccc(CCl)o2)cc1. The van der Waals surface area contributed by atoms with E-state index in [1.807, 2.05) is 24.3 Å². The van der Waals surface area contributed by atoms with Gasteiger partial charge in [0.05, 0.1) is 12.5 Å². The van der Waals surface area contributed by atoms with E-state index in [1.54, 1.807) is 12.1 Å². The topological polar surface area (TPSA) is 51.5 Å². The number of hydrogen-bond acceptors (Lipinski definition) is 3. The summed E-state index contributed by atoms with van der Waals surface area (Å²) in [7, 11) is 0. The van der Waals surface area contributed by atoms with Crippen molar-refractivity contribution in [1.29, 1.82) is 0 Å². The summed E-state index contributed by atoms with van der Waals surface area (Å²) in [6.45, 7) is 3.20. The van der Waals surface area contributed by atoms with Gasteiger partial charge in [0.15, 0.2) is 5.76 Å². The highest BCUT2D eigenvalue weighted by atomic mass is 35.5. The van der Waals surface area contributed by atoms with Crippen molar-refractivity contribution in [3.63, 3.8) is 0 Å². The number of ether oxygens (including phenoxy) is 1. The monoisotopic (exact) mass is 307 g/mol. The third kappa shape index (κ3) is 4.53. The summed E-state index contributed by atoms with van der Waals surface area (Å²) in [5.41, 5.74) is 0.997. The molecule has 0 saturated heterocycles. The van der Waals surface area contributed by atoms with Gasteiger partial charge in [0.2, 0.25) is 0 Å². The van der Waals surface area contributed by atoms with Gasteiger partial charge in [-0.3, -0.25) is 4.79 Å². The zero-order chi connectivity index (χ0) is 15.1. The predicted octanol–water partition coefficient (Wildman–Crippen LogP) is 3.74. The third-order valence-electron chi connectivity index (χ3n) is 2.87. The summed E-state index contributed by atoms with van der Waals surface area (Å²) >= 11 is 5.63. The van der Waals surface area contributed by atoms with E-state index in [0.29, 0.717) is 18.9 Å². The molecule has 2 aromatic rings. The van der Waals surface area contributed by atoms with Crippen LogP contribution in [0.3, 0.4) is 0 Å². The molecule has 0 radical (unpaired) electrons. The highest BCUT2D eigenvalue weighted by Crippen LogP contribution is 2.13. The van der Waals surface area contributed by atoms with E-state index >= 15 is 0 Å². The zero-order valence-corrected chi connectivity index (χ0v) is 12.7. The molecule has 0 atom stereocenters. The second-order valence-electron chi connectivity index (χ2n) is 4.57. The molecule has 0 bridgehead atoms. The largest absolute Gasteiger partial charge is 0.494 e. The predicted molar refractivity (Wildman–Crippen MR) is 81.7 cm³/mol. The van der Waals surface area contributed by atoms with E-state index in [1.165, 1.54) is 0 Å². The Morgan fingerprint density at radius 1 is 1.24 bits per heavy atom. The normalized spacial score (nSPS) is 10.4. The van der Waals surface area contributed by atoms with Gasteiger partial charge in [-0.2, -0.15) is 0 Å². The molecule has 0 fully saturated rings. The van der Waals surface area contributed by atoms with E-state index < -0.39 is 0 Å². The number of carbonyl (C=O) groups excluding carboxylic acids is 1. The minimum Gasteiger partial charge on any atom is -0.494 e. The Bertz CT molecular complexity index is 577. The van der Waals surface area contributed by atoms with Crippen molar-refractivity contribution in [3.05, 3.63) is 53.5 Å². The lowest BCUT2D eigenvalue weighted by molar-refractivity contribution is 0.0921. The molecule has 112 valence electrons. The summed E-state index contributed by atoms with van der Waals surface area (Å²) in [5, 5.41) is 2.80. The first-order valence-electron chi connectivity index (χ1n) is 6.87. The van der Waals surface area contributed by atoms with Gasteiger partial charge in [0.25, 0.3) is 5.91 Å². The fraction of sp³-hybridized carbons (Fsp3) is 0.312. The number of rotatable bonds is 7. The highest BCUT2D eigenvalue weighted by Gasteiger charge is 2.10. The molecule has 0 aliphatic rings. The summed E-state index contributed by atoms with van der Waals surface area (Å²) in [4.78, 5) is 11.9. The molecular formula is C16H18ClNO3. The molecule has 1 aromatic carbocycles. The van der Waals surface area contributed by atoms with Crippen molar-refractivity contribution >= 4 is 17.5 Å². The molecule has 0 aliphatic heterocycles. The third-order valence-corrected chi connectivity index (χ3v) is 3.13. The maximum absolute atomic E-state index is 11.9. The van der Waals surface area contributed by atoms with Gasteiger partial charge in [-0.1, -0.05) is 19.1 Å². The fourth-order valence-electron chi connectivity index (χ4n) is 1.76. The Balaban J connectivity index is 1.86. The molecule has 1 N–H and O–H groups in total. The Kier molecular flexibility index (Phi) is 5.69. The van der Waals surface area contributed by atoms with Crippen molar-refractivity contribution in [1.82, 2.24) is 5.32 Å². The second kappa shape index (κ2) is 7.74. The number of halogens is 1. The van der Waals surface area contributed by atoms with Gasteiger partial charge in [0.1, 0.15) is 11.5 Å². The van der Waals surface area contributed by atoms with Gasteiger partial charge in [-0.15, -0.1) is 11.6 Å². The molecule has 4 nitrogen and oxygen atoms in total. The molecule has 1 amide bonds. The van der Waals surface area contributed by atoms with Crippen molar-refractivity contribution in [2.24, 2.45) is 0 Å². The maximum Gasteiger partial charge on any atom is 0.287 e. The number of carbonyl (C=O) groups is 1. The van der Waals surface area contributed by atoms with Gasteiger partial charge in [-0.25, -0.2) is 0 Å². The van der Waals surface area contributed by atoms with E-state index in [2.05, 4.69) is 12.2 Å². The Labute approximate surface area is 129 Å². The van der Waals surface area contributed by atoms with E-state index in [0.717, 1.165) is 17.7 Å². The van der Waals surface area contributed by atoms with Crippen LogP contribution in [-0.2, 0) is 12.4 Å². The summed E-state index contributed by atoms with van der Waals surface area (Å²) in [6, 6.07) is 11.0. The molecule has 21 heavy (non-hydrogen) atoms. The fourth-order valence-corrected chi connectivity index (χ4v) is 1.91. The highest BCUT2D eigenvalue weighted by molar-refractivity contribution is 6.16. The standard InChI is InChI=1S/C16H18ClNO3/c1-2-9-20-13-5-3-12(4-6-13)11-18-16(19)15-8-7-14(10-17)21-15/h3-8H,2,9-11H2,1H3,(H,18,19). The molecule has 0 spiro atoms. The van der Waals surface area contributed by atoms with Crippen LogP contribution < -0.4 is 10.1 Å². The van der Waals surface area contributed by atoms with E-state index in [4.69, 9.17) is 20.8 Å². The summed E-state index contributed by atoms with van der Waals surface area (Å²) in [6.07, 6.45) is 0.977. The lowest BCUT2D eigenvalue weighted by Gasteiger charge is -2.06. The van der Waals surface area contributed by atoms with Crippen molar-refractivity contribution in [2.75, 3.05) is 6.61 Å². The van der Waals surface area contributed by atoms with E-state index in [-0.39, 0.29) is 17.5 Å². The molecule has 0 saturated carbocycles. The van der Waals surface area contributed by atoms with Crippen LogP contribution in [0.4, 0.5) is 0 Å². The Morgan fingerprint density at radius 2 is 2.00 bits per heavy atom. The Morgan fingerprint density at radius 3 is 2.62 bits per heavy atom. The smallest absolute Gasteiger partial charge is 0.287 e. The van der Waals surface area contributed by atoms with Crippen LogP contribution in [-0.4, -0.2) is 12.5 Å². The first kappa shape index (κ1) is 15.4. The van der Waals surface area contributed by atoms with Gasteiger partial charge < -0.3 is 14.5 Å². The average molecular weight is 308 g/mol. The number of alkyl halides is 1. The van der Waals surface area contributed by atoms with Crippen molar-refractivity contribution in [2.45, 2.75) is 25.8 Å². The molecule has 2 rings (SSSR count). The second-order valence-corrected chi connectivity index (χ2v) is 4.84. The van der Waals surface area contributed by atoms with Crippen LogP contribution in [0.5, 0.6) is 5.75 Å². The zero-order valence-electron chi connectivity index (χ0n) is 11.9. The molecule has 1 aromatic heterocycles. The van der Waals surface area contributed by atoms with Gasteiger partial charge >= 0.3 is 0 Å². The number of benzene rings is 1. The summed E-state index contributed by atoms with van der Waals surface area (Å²) < 4.78 is 10.8. The van der Waals surface area contributed by atoms with Gasteiger partial charge in [0, 0.05) is 6.54 Å². The average Bonchev–Trinajstić information content (AvgIpc) is 3.00. The molecule has 5 heteroatoms. The van der Waals surface area contributed by atoms with Crippen LogP contribution in [0.2, 0.25) is 0 Å². The number of amides is 1. The first-order valence-corrected chi connectivity index (χ1v) is 7.41. The molecule has 0 unspecified atom stereocenters. The van der Waals surface area contributed by atoms with Crippen LogP contribution in [0.1, 0.15) is 35.2 Å². The minimum atomic E-state index is -0.252. The minimum absolute atomic E-state index is 0.252. The Hall–Kier alpha value is -1.94. The van der Waals surface area contributed by atoms with Crippen LogP contribution in [0.25, 0.3) is 0 Å². The molecule has 0 aliphatic carbocycles.